The maximum Gasteiger partial charge on any atom is 0.220 e. The van der Waals surface area contributed by atoms with Crippen LogP contribution in [0.5, 0.6) is 11.5 Å². The molecule has 2 aromatic carbocycles. The van der Waals surface area contributed by atoms with Gasteiger partial charge in [0, 0.05) is 19.0 Å². The molecule has 128 valence electrons. The van der Waals surface area contributed by atoms with E-state index in [0.29, 0.717) is 37.3 Å². The molecule has 24 heavy (non-hydrogen) atoms. The van der Waals surface area contributed by atoms with Crippen LogP contribution in [0.15, 0.2) is 42.5 Å². The Morgan fingerprint density at radius 3 is 2.33 bits per heavy atom. The number of ether oxygens (including phenoxy) is 2. The Balaban J connectivity index is 1.78. The predicted octanol–water partition coefficient (Wildman–Crippen LogP) is 3.13. The third-order valence-electron chi connectivity index (χ3n) is 3.68. The lowest BCUT2D eigenvalue weighted by atomic mass is 10.1. The second-order valence-electron chi connectivity index (χ2n) is 5.45. The number of benzene rings is 2. The van der Waals surface area contributed by atoms with E-state index in [1.807, 2.05) is 18.2 Å². The molecule has 0 aliphatic carbocycles. The lowest BCUT2D eigenvalue weighted by molar-refractivity contribution is -0.121. The number of aryl methyl sites for hydroxylation is 1. The molecule has 0 aliphatic heterocycles. The number of carbonyl (C=O) groups is 1. The Labute approximate surface area is 141 Å². The second kappa shape index (κ2) is 8.91. The Morgan fingerprint density at radius 2 is 1.71 bits per heavy atom. The Bertz CT molecular complexity index is 666. The summed E-state index contributed by atoms with van der Waals surface area (Å²) >= 11 is 0. The van der Waals surface area contributed by atoms with Crippen molar-refractivity contribution in [2.24, 2.45) is 0 Å². The smallest absolute Gasteiger partial charge is 0.220 e. The van der Waals surface area contributed by atoms with Gasteiger partial charge in [-0.3, -0.25) is 4.79 Å². The van der Waals surface area contributed by atoms with Crippen LogP contribution < -0.4 is 14.8 Å². The number of carbonyl (C=O) groups excluding carboxylic acids is 1. The highest BCUT2D eigenvalue weighted by Gasteiger charge is 2.06. The molecule has 2 rings (SSSR count). The van der Waals surface area contributed by atoms with Crippen molar-refractivity contribution in [3.63, 3.8) is 0 Å². The summed E-state index contributed by atoms with van der Waals surface area (Å²) in [4.78, 5) is 11.9. The average Bonchev–Trinajstić information content (AvgIpc) is 2.59. The summed E-state index contributed by atoms with van der Waals surface area (Å²) in [5.74, 6) is 1.12. The van der Waals surface area contributed by atoms with E-state index in [2.05, 4.69) is 5.32 Å². The standard InChI is InChI=1S/C19H22FNO3/c1-23-17-11-15(12-18(13-17)24-2)6-7-19(22)21-9-8-14-4-3-5-16(20)10-14/h3-5,10-13H,6-9H2,1-2H3,(H,21,22). The van der Waals surface area contributed by atoms with E-state index in [1.165, 1.54) is 12.1 Å². The molecule has 0 atom stereocenters. The monoisotopic (exact) mass is 331 g/mol. The van der Waals surface area contributed by atoms with Crippen LogP contribution in [0.4, 0.5) is 4.39 Å². The number of rotatable bonds is 8. The van der Waals surface area contributed by atoms with Crippen molar-refractivity contribution in [2.75, 3.05) is 20.8 Å². The van der Waals surface area contributed by atoms with Crippen molar-refractivity contribution in [2.45, 2.75) is 19.3 Å². The lowest BCUT2D eigenvalue weighted by Crippen LogP contribution is -2.25. The molecule has 0 fully saturated rings. The van der Waals surface area contributed by atoms with Crippen molar-refractivity contribution in [1.82, 2.24) is 5.32 Å². The summed E-state index contributed by atoms with van der Waals surface area (Å²) in [5, 5.41) is 2.85. The van der Waals surface area contributed by atoms with E-state index < -0.39 is 0 Å². The van der Waals surface area contributed by atoms with E-state index in [0.717, 1.165) is 11.1 Å². The molecule has 1 N–H and O–H groups in total. The number of halogens is 1. The summed E-state index contributed by atoms with van der Waals surface area (Å²) in [6.07, 6.45) is 1.58. The van der Waals surface area contributed by atoms with Gasteiger partial charge in [0.15, 0.2) is 0 Å². The zero-order valence-corrected chi connectivity index (χ0v) is 14.0. The van der Waals surface area contributed by atoms with Crippen LogP contribution in [-0.4, -0.2) is 26.7 Å². The van der Waals surface area contributed by atoms with Crippen molar-refractivity contribution in [3.05, 3.63) is 59.4 Å². The van der Waals surface area contributed by atoms with Crippen LogP contribution in [0.3, 0.4) is 0 Å². The highest BCUT2D eigenvalue weighted by Crippen LogP contribution is 2.23. The van der Waals surface area contributed by atoms with E-state index >= 15 is 0 Å². The van der Waals surface area contributed by atoms with Gasteiger partial charge in [0.25, 0.3) is 0 Å². The molecule has 0 radical (unpaired) electrons. The van der Waals surface area contributed by atoms with E-state index in [-0.39, 0.29) is 11.7 Å². The van der Waals surface area contributed by atoms with Gasteiger partial charge in [-0.2, -0.15) is 0 Å². The maximum absolute atomic E-state index is 13.1. The van der Waals surface area contributed by atoms with Gasteiger partial charge < -0.3 is 14.8 Å². The fraction of sp³-hybridized carbons (Fsp3) is 0.316. The summed E-state index contributed by atoms with van der Waals surface area (Å²) in [7, 11) is 3.19. The summed E-state index contributed by atoms with van der Waals surface area (Å²) in [6.45, 7) is 0.490. The zero-order valence-electron chi connectivity index (χ0n) is 14.0. The van der Waals surface area contributed by atoms with Crippen molar-refractivity contribution >= 4 is 5.91 Å². The first-order valence-corrected chi connectivity index (χ1v) is 7.84. The first-order chi connectivity index (χ1) is 11.6. The quantitative estimate of drug-likeness (QED) is 0.808. The van der Waals surface area contributed by atoms with Crippen LogP contribution in [0.2, 0.25) is 0 Å². The van der Waals surface area contributed by atoms with Crippen LogP contribution in [0.1, 0.15) is 17.5 Å². The van der Waals surface area contributed by atoms with Gasteiger partial charge >= 0.3 is 0 Å². The Morgan fingerprint density at radius 1 is 1.00 bits per heavy atom. The van der Waals surface area contributed by atoms with Gasteiger partial charge in [-0.05, 0) is 48.2 Å². The molecule has 1 amide bonds. The van der Waals surface area contributed by atoms with Crippen molar-refractivity contribution < 1.29 is 18.7 Å². The Kier molecular flexibility index (Phi) is 6.61. The molecular weight excluding hydrogens is 309 g/mol. The molecule has 0 spiro atoms. The number of amides is 1. The summed E-state index contributed by atoms with van der Waals surface area (Å²) < 4.78 is 23.5. The third-order valence-corrected chi connectivity index (χ3v) is 3.68. The minimum absolute atomic E-state index is 0.0341. The van der Waals surface area contributed by atoms with Crippen LogP contribution >= 0.6 is 0 Å². The number of nitrogens with one attached hydrogen (secondary N) is 1. The topological polar surface area (TPSA) is 47.6 Å². The van der Waals surface area contributed by atoms with Gasteiger partial charge in [0.2, 0.25) is 5.91 Å². The fourth-order valence-electron chi connectivity index (χ4n) is 2.40. The molecule has 0 aromatic heterocycles. The molecule has 2 aromatic rings. The summed E-state index contributed by atoms with van der Waals surface area (Å²) in [5.41, 5.74) is 1.85. The molecule has 0 unspecified atom stereocenters. The SMILES string of the molecule is COc1cc(CCC(=O)NCCc2cccc(F)c2)cc(OC)c1. The number of hydrogen-bond acceptors (Lipinski definition) is 3. The van der Waals surface area contributed by atoms with Gasteiger partial charge in [-0.1, -0.05) is 12.1 Å². The van der Waals surface area contributed by atoms with Crippen LogP contribution in [-0.2, 0) is 17.6 Å². The lowest BCUT2D eigenvalue weighted by Gasteiger charge is -2.09. The first-order valence-electron chi connectivity index (χ1n) is 7.84. The third kappa shape index (κ3) is 5.57. The minimum Gasteiger partial charge on any atom is -0.497 e. The summed E-state index contributed by atoms with van der Waals surface area (Å²) in [6, 6.07) is 12.0. The first kappa shape index (κ1) is 17.8. The normalized spacial score (nSPS) is 10.3. The molecule has 0 heterocycles. The second-order valence-corrected chi connectivity index (χ2v) is 5.45. The largest absolute Gasteiger partial charge is 0.497 e. The van der Waals surface area contributed by atoms with Gasteiger partial charge in [0.05, 0.1) is 14.2 Å². The van der Waals surface area contributed by atoms with Gasteiger partial charge in [-0.15, -0.1) is 0 Å². The van der Waals surface area contributed by atoms with Gasteiger partial charge in [0.1, 0.15) is 17.3 Å². The van der Waals surface area contributed by atoms with Gasteiger partial charge in [-0.25, -0.2) is 4.39 Å². The van der Waals surface area contributed by atoms with Crippen LogP contribution in [0.25, 0.3) is 0 Å². The van der Waals surface area contributed by atoms with E-state index in [4.69, 9.17) is 9.47 Å². The molecule has 0 aliphatic rings. The molecular formula is C19H22FNO3. The van der Waals surface area contributed by atoms with E-state index in [1.54, 1.807) is 26.4 Å². The molecule has 0 saturated carbocycles. The highest BCUT2D eigenvalue weighted by molar-refractivity contribution is 5.76. The van der Waals surface area contributed by atoms with Crippen molar-refractivity contribution in [3.8, 4) is 11.5 Å². The molecule has 5 heteroatoms. The predicted molar refractivity (Wildman–Crippen MR) is 91.0 cm³/mol. The molecule has 4 nitrogen and oxygen atoms in total. The number of hydrogen-bond donors (Lipinski definition) is 1. The fourth-order valence-corrected chi connectivity index (χ4v) is 2.40. The van der Waals surface area contributed by atoms with Crippen molar-refractivity contribution in [1.29, 1.82) is 0 Å². The van der Waals surface area contributed by atoms with E-state index in [9.17, 15) is 9.18 Å². The molecule has 0 saturated heterocycles. The maximum atomic E-state index is 13.1. The number of methoxy groups -OCH3 is 2. The van der Waals surface area contributed by atoms with Crippen LogP contribution in [0, 0.1) is 5.82 Å². The minimum atomic E-state index is -0.259. The Hall–Kier alpha value is -2.56. The average molecular weight is 331 g/mol. The molecule has 0 bridgehead atoms. The zero-order chi connectivity index (χ0) is 17.4. The highest BCUT2D eigenvalue weighted by atomic mass is 19.1.